The molecule has 0 aromatic heterocycles. The minimum Gasteiger partial charge on any atom is -0.490 e. The highest BCUT2D eigenvalue weighted by Gasteiger charge is 2.16. The molecule has 2 rings (SSSR count). The van der Waals surface area contributed by atoms with Gasteiger partial charge in [-0.2, -0.15) is 5.10 Å². The van der Waals surface area contributed by atoms with Gasteiger partial charge in [-0.1, -0.05) is 24.6 Å². The number of hydrogen-bond acceptors (Lipinski definition) is 6. The van der Waals surface area contributed by atoms with Crippen LogP contribution in [-0.4, -0.2) is 43.2 Å². The van der Waals surface area contributed by atoms with Gasteiger partial charge in [-0.25, -0.2) is 5.43 Å². The van der Waals surface area contributed by atoms with Crippen molar-refractivity contribution in [3.05, 3.63) is 51.5 Å². The van der Waals surface area contributed by atoms with Gasteiger partial charge in [0.25, 0.3) is 5.91 Å². The standard InChI is InChI=1S/C23H26BrClN4O5/c1-4-14(3)27-22(31)23(32)29-26-12-15-9-18(24)21(19(10-15)33-5-2)34-13-20(30)28-17-8-6-7-16(25)11-17/h6-12,14H,4-5,13H2,1-3H3,(H,27,31)(H,28,30)(H,29,32)/b26-12-/t14-/m0/s1. The van der Waals surface area contributed by atoms with Crippen LogP contribution in [-0.2, 0) is 14.4 Å². The maximum Gasteiger partial charge on any atom is 0.329 e. The van der Waals surface area contributed by atoms with Crippen LogP contribution >= 0.6 is 27.5 Å². The highest BCUT2D eigenvalue weighted by atomic mass is 79.9. The van der Waals surface area contributed by atoms with Gasteiger partial charge in [0.2, 0.25) is 0 Å². The molecule has 0 radical (unpaired) electrons. The van der Waals surface area contributed by atoms with Gasteiger partial charge >= 0.3 is 11.8 Å². The Bertz CT molecular complexity index is 1060. The zero-order valence-electron chi connectivity index (χ0n) is 19.0. The number of rotatable bonds is 10. The van der Waals surface area contributed by atoms with Crippen LogP contribution in [0.2, 0.25) is 5.02 Å². The lowest BCUT2D eigenvalue weighted by atomic mass is 10.2. The van der Waals surface area contributed by atoms with Crippen molar-refractivity contribution >= 4 is 57.2 Å². The molecule has 0 bridgehead atoms. The molecule has 9 nitrogen and oxygen atoms in total. The topological polar surface area (TPSA) is 118 Å². The molecule has 182 valence electrons. The summed E-state index contributed by atoms with van der Waals surface area (Å²) < 4.78 is 11.8. The normalized spacial score (nSPS) is 11.6. The summed E-state index contributed by atoms with van der Waals surface area (Å²) in [5, 5.41) is 9.58. The van der Waals surface area contributed by atoms with E-state index in [1.807, 2.05) is 6.92 Å². The first-order chi connectivity index (χ1) is 16.2. The first-order valence-electron chi connectivity index (χ1n) is 10.5. The Morgan fingerprint density at radius 3 is 2.59 bits per heavy atom. The van der Waals surface area contributed by atoms with Gasteiger partial charge in [0.15, 0.2) is 18.1 Å². The lowest BCUT2D eigenvalue weighted by molar-refractivity contribution is -0.139. The summed E-state index contributed by atoms with van der Waals surface area (Å²) in [6.45, 7) is 5.59. The molecular weight excluding hydrogens is 528 g/mol. The monoisotopic (exact) mass is 552 g/mol. The molecule has 0 saturated carbocycles. The molecule has 0 heterocycles. The quantitative estimate of drug-likeness (QED) is 0.234. The smallest absolute Gasteiger partial charge is 0.329 e. The fraction of sp³-hybridized carbons (Fsp3) is 0.304. The van der Waals surface area contributed by atoms with E-state index in [-0.39, 0.29) is 18.6 Å². The number of amides is 3. The molecule has 0 saturated heterocycles. The molecular formula is C23H26BrClN4O5. The second-order valence-corrected chi connectivity index (χ2v) is 8.38. The molecule has 1 atom stereocenters. The number of benzene rings is 2. The van der Waals surface area contributed by atoms with Crippen molar-refractivity contribution in [1.29, 1.82) is 0 Å². The van der Waals surface area contributed by atoms with E-state index in [2.05, 4.69) is 37.1 Å². The lowest BCUT2D eigenvalue weighted by Gasteiger charge is -2.14. The molecule has 0 fully saturated rings. The van der Waals surface area contributed by atoms with Gasteiger partial charge in [-0.3, -0.25) is 14.4 Å². The van der Waals surface area contributed by atoms with Crippen LogP contribution in [0, 0.1) is 0 Å². The fourth-order valence-corrected chi connectivity index (χ4v) is 3.34. The molecule has 2 aromatic carbocycles. The van der Waals surface area contributed by atoms with E-state index in [4.69, 9.17) is 21.1 Å². The first-order valence-corrected chi connectivity index (χ1v) is 11.7. The number of carbonyl (C=O) groups is 3. The van der Waals surface area contributed by atoms with Crippen LogP contribution in [0.1, 0.15) is 32.8 Å². The molecule has 0 unspecified atom stereocenters. The molecule has 2 aromatic rings. The van der Waals surface area contributed by atoms with E-state index in [1.165, 1.54) is 6.21 Å². The third kappa shape index (κ3) is 8.68. The number of hydrogen-bond donors (Lipinski definition) is 3. The number of anilines is 1. The molecule has 0 aliphatic rings. The van der Waals surface area contributed by atoms with Crippen LogP contribution in [0.25, 0.3) is 0 Å². The number of nitrogens with one attached hydrogen (secondary N) is 3. The number of halogens is 2. The van der Waals surface area contributed by atoms with Gasteiger partial charge in [-0.05, 0) is 72.1 Å². The molecule has 3 amide bonds. The van der Waals surface area contributed by atoms with Crippen molar-refractivity contribution < 1.29 is 23.9 Å². The van der Waals surface area contributed by atoms with Crippen molar-refractivity contribution in [2.45, 2.75) is 33.2 Å². The Balaban J connectivity index is 2.04. The Morgan fingerprint density at radius 1 is 1.15 bits per heavy atom. The average molecular weight is 554 g/mol. The minimum absolute atomic E-state index is 0.118. The Kier molecular flexibility index (Phi) is 10.8. The summed E-state index contributed by atoms with van der Waals surface area (Å²) in [6.07, 6.45) is 2.06. The van der Waals surface area contributed by atoms with E-state index < -0.39 is 11.8 Å². The van der Waals surface area contributed by atoms with Crippen LogP contribution in [0.15, 0.2) is 46.0 Å². The Labute approximate surface area is 211 Å². The third-order valence-corrected chi connectivity index (χ3v) is 5.19. The maximum absolute atomic E-state index is 12.3. The molecule has 0 aliphatic heterocycles. The Hall–Kier alpha value is -3.11. The Morgan fingerprint density at radius 2 is 1.91 bits per heavy atom. The van der Waals surface area contributed by atoms with Crippen LogP contribution in [0.5, 0.6) is 11.5 Å². The maximum atomic E-state index is 12.3. The average Bonchev–Trinajstić information content (AvgIpc) is 2.78. The van der Waals surface area contributed by atoms with Gasteiger partial charge < -0.3 is 20.1 Å². The van der Waals surface area contributed by atoms with Crippen molar-refractivity contribution in [3.8, 4) is 11.5 Å². The zero-order chi connectivity index (χ0) is 25.1. The van der Waals surface area contributed by atoms with Crippen molar-refractivity contribution in [2.75, 3.05) is 18.5 Å². The van der Waals surface area contributed by atoms with Gasteiger partial charge in [0, 0.05) is 16.8 Å². The van der Waals surface area contributed by atoms with Gasteiger partial charge in [-0.15, -0.1) is 0 Å². The van der Waals surface area contributed by atoms with Gasteiger partial charge in [0.1, 0.15) is 0 Å². The zero-order valence-corrected chi connectivity index (χ0v) is 21.3. The second-order valence-electron chi connectivity index (χ2n) is 7.09. The minimum atomic E-state index is -0.869. The summed E-state index contributed by atoms with van der Waals surface area (Å²) in [5.41, 5.74) is 3.30. The van der Waals surface area contributed by atoms with Crippen molar-refractivity contribution in [3.63, 3.8) is 0 Å². The molecule has 11 heteroatoms. The summed E-state index contributed by atoms with van der Waals surface area (Å²) in [7, 11) is 0. The largest absolute Gasteiger partial charge is 0.490 e. The molecule has 3 N–H and O–H groups in total. The third-order valence-electron chi connectivity index (χ3n) is 4.36. The fourth-order valence-electron chi connectivity index (χ4n) is 2.57. The predicted octanol–water partition coefficient (Wildman–Crippen LogP) is 3.88. The highest BCUT2D eigenvalue weighted by molar-refractivity contribution is 9.10. The van der Waals surface area contributed by atoms with E-state index in [1.54, 1.807) is 50.2 Å². The molecule has 0 aliphatic carbocycles. The number of carbonyl (C=O) groups excluding carboxylic acids is 3. The van der Waals surface area contributed by atoms with E-state index in [9.17, 15) is 14.4 Å². The van der Waals surface area contributed by atoms with Crippen LogP contribution < -0.4 is 25.5 Å². The van der Waals surface area contributed by atoms with E-state index in [0.29, 0.717) is 45.3 Å². The summed E-state index contributed by atoms with van der Waals surface area (Å²) in [4.78, 5) is 35.9. The number of ether oxygens (including phenoxy) is 2. The SMILES string of the molecule is CCOc1cc(/C=N\NC(=O)C(=O)N[C@@H](C)CC)cc(Br)c1OCC(=O)Nc1cccc(Cl)c1. The van der Waals surface area contributed by atoms with E-state index in [0.717, 1.165) is 0 Å². The molecule has 34 heavy (non-hydrogen) atoms. The lowest BCUT2D eigenvalue weighted by Crippen LogP contribution is -2.41. The van der Waals surface area contributed by atoms with Crippen molar-refractivity contribution in [1.82, 2.24) is 10.7 Å². The number of hydrazone groups is 1. The first kappa shape index (κ1) is 27.1. The molecule has 0 spiro atoms. The highest BCUT2D eigenvalue weighted by Crippen LogP contribution is 2.36. The second kappa shape index (κ2) is 13.6. The predicted molar refractivity (Wildman–Crippen MR) is 135 cm³/mol. The summed E-state index contributed by atoms with van der Waals surface area (Å²) in [5.74, 6) is -1.30. The summed E-state index contributed by atoms with van der Waals surface area (Å²) in [6, 6.07) is 9.95. The van der Waals surface area contributed by atoms with Crippen LogP contribution in [0.3, 0.4) is 0 Å². The van der Waals surface area contributed by atoms with Crippen LogP contribution in [0.4, 0.5) is 5.69 Å². The van der Waals surface area contributed by atoms with Crippen molar-refractivity contribution in [2.24, 2.45) is 5.10 Å². The van der Waals surface area contributed by atoms with Gasteiger partial charge in [0.05, 0.1) is 17.3 Å². The van der Waals surface area contributed by atoms with E-state index >= 15 is 0 Å². The number of nitrogens with zero attached hydrogens (tertiary/aromatic N) is 1. The summed E-state index contributed by atoms with van der Waals surface area (Å²) >= 11 is 9.33.